The van der Waals surface area contributed by atoms with Gasteiger partial charge in [0.25, 0.3) is 11.5 Å². The van der Waals surface area contributed by atoms with Gasteiger partial charge in [-0.3, -0.25) is 10.2 Å². The average molecular weight is 460 g/mol. The Morgan fingerprint density at radius 2 is 1.64 bits per heavy atom. The Labute approximate surface area is 193 Å². The molecule has 2 aromatic heterocycles. The Hall–Kier alpha value is -3.95. The molecule has 0 radical (unpaired) electrons. The van der Waals surface area contributed by atoms with E-state index in [4.69, 9.17) is 15.9 Å². The number of pyridine rings is 1. The molecule has 3 aromatic rings. The van der Waals surface area contributed by atoms with Crippen LogP contribution in [0.25, 0.3) is 11.2 Å². The summed E-state index contributed by atoms with van der Waals surface area (Å²) in [4.78, 5) is 32.5. The molecule has 10 nitrogen and oxygen atoms in total. The minimum Gasteiger partial charge on any atom is -0.473 e. The van der Waals surface area contributed by atoms with E-state index >= 15 is 0 Å². The van der Waals surface area contributed by atoms with E-state index in [1.54, 1.807) is 19.9 Å². The van der Waals surface area contributed by atoms with E-state index in [9.17, 15) is 9.59 Å². The summed E-state index contributed by atoms with van der Waals surface area (Å²) in [5.41, 5.74) is 5.81. The van der Waals surface area contributed by atoms with Gasteiger partial charge in [-0.05, 0) is 26.0 Å². The van der Waals surface area contributed by atoms with Crippen LogP contribution in [0.1, 0.15) is 41.5 Å². The molecule has 0 aliphatic carbocycles. The lowest BCUT2D eigenvalue weighted by atomic mass is 10.3. The van der Waals surface area contributed by atoms with Crippen LogP contribution in [0.2, 0.25) is 0 Å². The van der Waals surface area contributed by atoms with Crippen molar-refractivity contribution < 1.29 is 19.0 Å². The number of hydrogen-bond donors (Lipinski definition) is 3. The maximum absolute atomic E-state index is 11.4. The molecule has 0 aliphatic heterocycles. The summed E-state index contributed by atoms with van der Waals surface area (Å²) in [5.74, 6) is -0.0900. The lowest BCUT2D eigenvalue weighted by Gasteiger charge is -2.07. The highest BCUT2D eigenvalue weighted by molar-refractivity contribution is 6.31. The molecule has 180 valence electrons. The van der Waals surface area contributed by atoms with Crippen LogP contribution in [0.5, 0.6) is 11.5 Å². The molecule has 0 unspecified atom stereocenters. The Bertz CT molecular complexity index is 1020. The predicted octanol–water partition coefficient (Wildman–Crippen LogP) is 4.31. The largest absolute Gasteiger partial charge is 0.473 e. The van der Waals surface area contributed by atoms with E-state index in [0.717, 1.165) is 0 Å². The van der Waals surface area contributed by atoms with Gasteiger partial charge in [-0.15, -0.1) is 0 Å². The number of nitrogens with one attached hydrogen (secondary N) is 2. The normalized spacial score (nSPS) is 9.03. The number of benzene rings is 1. The molecule has 10 heteroatoms. The molecule has 0 bridgehead atoms. The van der Waals surface area contributed by atoms with Crippen molar-refractivity contribution >= 4 is 28.8 Å². The van der Waals surface area contributed by atoms with Crippen LogP contribution in [0, 0.1) is 5.41 Å². The van der Waals surface area contributed by atoms with E-state index < -0.39 is 17.4 Å². The van der Waals surface area contributed by atoms with Crippen molar-refractivity contribution in [3.63, 3.8) is 0 Å². The molecule has 2 heterocycles. The van der Waals surface area contributed by atoms with Crippen molar-refractivity contribution in [2.24, 2.45) is 0 Å². The minimum atomic E-state index is -0.704. The highest BCUT2D eigenvalue weighted by Gasteiger charge is 2.10. The molecule has 0 saturated carbocycles. The van der Waals surface area contributed by atoms with Crippen molar-refractivity contribution in [1.29, 1.82) is 5.41 Å². The Morgan fingerprint density at radius 1 is 1.03 bits per heavy atom. The highest BCUT2D eigenvalue weighted by Crippen LogP contribution is 2.26. The van der Waals surface area contributed by atoms with E-state index in [2.05, 4.69) is 24.4 Å². The van der Waals surface area contributed by atoms with E-state index in [1.807, 2.05) is 58.0 Å². The lowest BCUT2D eigenvalue weighted by molar-refractivity contribution is -0.136. The van der Waals surface area contributed by atoms with Crippen LogP contribution in [0.3, 0.4) is 0 Å². The molecule has 0 fully saturated rings. The fourth-order valence-corrected chi connectivity index (χ4v) is 2.08. The Morgan fingerprint density at radius 3 is 2.21 bits per heavy atom. The summed E-state index contributed by atoms with van der Waals surface area (Å²) in [5, 5.41) is 6.90. The number of hydrogen-bond acceptors (Lipinski definition) is 9. The van der Waals surface area contributed by atoms with E-state index in [1.165, 1.54) is 6.20 Å². The van der Waals surface area contributed by atoms with Crippen LogP contribution in [0.15, 0.2) is 47.4 Å². The fourth-order valence-electron chi connectivity index (χ4n) is 2.08. The van der Waals surface area contributed by atoms with Gasteiger partial charge in [0.1, 0.15) is 5.75 Å². The first-order valence-corrected chi connectivity index (χ1v) is 10.7. The molecule has 0 saturated heterocycles. The van der Waals surface area contributed by atoms with Gasteiger partial charge in [-0.1, -0.05) is 45.9 Å². The molecule has 0 aliphatic rings. The molecule has 0 atom stereocenters. The molecular formula is C23H33N5O5. The number of nitrogens with two attached hydrogens (primary N) is 1. The second-order valence-corrected chi connectivity index (χ2v) is 5.36. The number of ether oxygens (including phenoxy) is 3. The van der Waals surface area contributed by atoms with E-state index in [-0.39, 0.29) is 12.4 Å². The van der Waals surface area contributed by atoms with E-state index in [0.29, 0.717) is 29.3 Å². The van der Waals surface area contributed by atoms with Gasteiger partial charge in [-0.25, -0.2) is 14.8 Å². The number of esters is 1. The second kappa shape index (κ2) is 16.7. The molecule has 3 rings (SSSR count). The van der Waals surface area contributed by atoms with Crippen LogP contribution >= 0.6 is 0 Å². The van der Waals surface area contributed by atoms with Crippen molar-refractivity contribution in [1.82, 2.24) is 15.0 Å². The van der Waals surface area contributed by atoms with Crippen LogP contribution < -0.4 is 16.0 Å². The number of fused-ring (bicyclic) bond motifs is 1. The SMILES string of the molecule is CC.CC.CCOC(=N)C(=O)OCC.Nc1nc2c(Oc3ccccc3)ccnc2[nH]c1=O. The molecule has 0 spiro atoms. The number of para-hydroxylation sites is 1. The molecule has 33 heavy (non-hydrogen) atoms. The zero-order valence-corrected chi connectivity index (χ0v) is 20.0. The third-order valence-corrected chi connectivity index (χ3v) is 3.30. The number of carbonyl (C=O) groups excluding carboxylic acids is 1. The third kappa shape index (κ3) is 9.81. The topological polar surface area (TPSA) is 153 Å². The van der Waals surface area contributed by atoms with Gasteiger partial charge < -0.3 is 24.9 Å². The Balaban J connectivity index is 0.000000626. The van der Waals surface area contributed by atoms with Crippen LogP contribution in [-0.4, -0.2) is 40.0 Å². The summed E-state index contributed by atoms with van der Waals surface area (Å²) < 4.78 is 14.7. The number of rotatable bonds is 4. The standard InChI is InChI=1S/C13H10N4O2.C6H11NO3.2C2H6/c14-11-13(18)17-12-10(16-11)9(6-7-15-12)19-8-4-2-1-3-5-8;1-3-9-5(7)6(8)10-4-2;2*1-2/h1-7H,(H2,14,16)(H,15,17,18);7H,3-4H2,1-2H3;2*1-2H3. The summed E-state index contributed by atoms with van der Waals surface area (Å²) in [7, 11) is 0. The van der Waals surface area contributed by atoms with Crippen molar-refractivity contribution in [3.05, 3.63) is 52.9 Å². The summed E-state index contributed by atoms with van der Waals surface area (Å²) >= 11 is 0. The average Bonchev–Trinajstić information content (AvgIpc) is 2.84. The smallest absolute Gasteiger partial charge is 0.393 e. The highest BCUT2D eigenvalue weighted by atomic mass is 16.6. The molecule has 1 aromatic carbocycles. The van der Waals surface area contributed by atoms with Crippen molar-refractivity contribution in [2.75, 3.05) is 18.9 Å². The van der Waals surface area contributed by atoms with Crippen molar-refractivity contribution in [2.45, 2.75) is 41.5 Å². The maximum Gasteiger partial charge on any atom is 0.393 e. The minimum absolute atomic E-state index is 0.113. The first-order valence-electron chi connectivity index (χ1n) is 10.7. The van der Waals surface area contributed by atoms with Gasteiger partial charge in [0, 0.05) is 12.3 Å². The number of H-pyrrole nitrogens is 1. The quantitative estimate of drug-likeness (QED) is 0.296. The zero-order valence-electron chi connectivity index (χ0n) is 20.0. The summed E-state index contributed by atoms with van der Waals surface area (Å²) in [6, 6.07) is 10.9. The number of anilines is 1. The predicted molar refractivity (Wildman–Crippen MR) is 130 cm³/mol. The van der Waals surface area contributed by atoms with Crippen LogP contribution in [0.4, 0.5) is 5.82 Å². The van der Waals surface area contributed by atoms with Gasteiger partial charge in [-0.2, -0.15) is 0 Å². The zero-order chi connectivity index (χ0) is 25.2. The van der Waals surface area contributed by atoms with Gasteiger partial charge in [0.05, 0.1) is 13.2 Å². The number of nitrogen functional groups attached to an aromatic ring is 1. The van der Waals surface area contributed by atoms with Gasteiger partial charge in [0.15, 0.2) is 22.7 Å². The number of nitrogens with zero attached hydrogens (tertiary/aromatic N) is 2. The molecular weight excluding hydrogens is 426 g/mol. The monoisotopic (exact) mass is 459 g/mol. The van der Waals surface area contributed by atoms with Crippen molar-refractivity contribution in [3.8, 4) is 11.5 Å². The summed E-state index contributed by atoms with van der Waals surface area (Å²) in [6.07, 6.45) is 1.54. The number of aromatic amines is 1. The van der Waals surface area contributed by atoms with Gasteiger partial charge >= 0.3 is 5.97 Å². The molecule has 4 N–H and O–H groups in total. The maximum atomic E-state index is 11.4. The first kappa shape index (κ1) is 29.1. The summed E-state index contributed by atoms with van der Waals surface area (Å²) in [6.45, 7) is 12.0. The number of carbonyl (C=O) groups is 1. The third-order valence-electron chi connectivity index (χ3n) is 3.30. The lowest BCUT2D eigenvalue weighted by Crippen LogP contribution is -2.19. The van der Waals surface area contributed by atoms with Gasteiger partial charge in [0.2, 0.25) is 0 Å². The second-order valence-electron chi connectivity index (χ2n) is 5.36. The fraction of sp³-hybridized carbons (Fsp3) is 0.348. The molecule has 0 amide bonds. The number of aromatic nitrogens is 3. The Kier molecular flexibility index (Phi) is 14.7. The van der Waals surface area contributed by atoms with Crippen LogP contribution in [-0.2, 0) is 14.3 Å². The first-order chi connectivity index (χ1) is 16.0.